The molecule has 0 saturated carbocycles. The molecule has 0 amide bonds. The summed E-state index contributed by atoms with van der Waals surface area (Å²) in [7, 11) is 0. The van der Waals surface area contributed by atoms with Crippen molar-refractivity contribution in [2.75, 3.05) is 0 Å². The van der Waals surface area contributed by atoms with E-state index in [1.807, 2.05) is 0 Å². The van der Waals surface area contributed by atoms with Crippen molar-refractivity contribution >= 4 is 28.7 Å². The van der Waals surface area contributed by atoms with Gasteiger partial charge in [-0.05, 0) is 0 Å². The predicted octanol–water partition coefficient (Wildman–Crippen LogP) is 0.455. The fraction of sp³-hybridized carbons (Fsp3) is 0.143. The summed E-state index contributed by atoms with van der Waals surface area (Å²) >= 11 is 5.62. The van der Waals surface area contributed by atoms with E-state index in [0.29, 0.717) is 11.2 Å². The Labute approximate surface area is 83.4 Å². The molecule has 7 heteroatoms. The molecular formula is C7H5ClN4O2. The van der Waals surface area contributed by atoms with Crippen LogP contribution in [-0.2, 0) is 4.79 Å². The molecular weight excluding hydrogens is 208 g/mol. The van der Waals surface area contributed by atoms with Crippen LogP contribution in [0.25, 0.3) is 11.2 Å². The van der Waals surface area contributed by atoms with Gasteiger partial charge in [0.05, 0.1) is 12.4 Å². The minimum absolute atomic E-state index is 0.264. The highest BCUT2D eigenvalue weighted by Gasteiger charge is 2.08. The van der Waals surface area contributed by atoms with Crippen LogP contribution in [-0.4, -0.2) is 25.9 Å². The van der Waals surface area contributed by atoms with Crippen LogP contribution in [0, 0.1) is 0 Å². The van der Waals surface area contributed by atoms with E-state index in [1.165, 1.54) is 19.3 Å². The van der Waals surface area contributed by atoms with E-state index in [4.69, 9.17) is 16.4 Å². The van der Waals surface area contributed by atoms with Crippen LogP contribution in [0.3, 0.4) is 0 Å². The van der Waals surface area contributed by atoms with Crippen LogP contribution < -0.4 is 4.84 Å². The van der Waals surface area contributed by atoms with E-state index in [0.717, 1.165) is 4.85 Å². The maximum atomic E-state index is 10.7. The van der Waals surface area contributed by atoms with E-state index < -0.39 is 5.97 Å². The van der Waals surface area contributed by atoms with Gasteiger partial charge in [0.2, 0.25) is 5.65 Å². The molecule has 2 heterocycles. The number of nitrogens with zero attached hydrogens (tertiary/aromatic N) is 4. The zero-order valence-electron chi connectivity index (χ0n) is 7.14. The first-order chi connectivity index (χ1) is 6.66. The standard InChI is InChI=1S/C7H5ClN4O2/c1-4(13)14-12-7-5(2-10-12)11-6(8)3-9-7/h2-3H,1H3. The number of fused-ring (bicyclic) bond motifs is 1. The van der Waals surface area contributed by atoms with Crippen molar-refractivity contribution in [3.63, 3.8) is 0 Å². The summed E-state index contributed by atoms with van der Waals surface area (Å²) in [6.07, 6.45) is 2.77. The fourth-order valence-electron chi connectivity index (χ4n) is 0.959. The first kappa shape index (κ1) is 8.89. The molecule has 72 valence electrons. The van der Waals surface area contributed by atoms with Gasteiger partial charge in [-0.2, -0.15) is 0 Å². The molecule has 0 saturated heterocycles. The Kier molecular flexibility index (Phi) is 2.05. The molecule has 0 fully saturated rings. The first-order valence-electron chi connectivity index (χ1n) is 3.72. The summed E-state index contributed by atoms with van der Waals surface area (Å²) in [4.78, 5) is 24.2. The zero-order chi connectivity index (χ0) is 10.1. The zero-order valence-corrected chi connectivity index (χ0v) is 7.89. The predicted molar refractivity (Wildman–Crippen MR) is 47.6 cm³/mol. The molecule has 14 heavy (non-hydrogen) atoms. The molecule has 2 aromatic heterocycles. The van der Waals surface area contributed by atoms with Crippen molar-refractivity contribution < 1.29 is 9.63 Å². The van der Waals surface area contributed by atoms with Crippen molar-refractivity contribution in [2.24, 2.45) is 0 Å². The maximum Gasteiger partial charge on any atom is 0.332 e. The number of carbonyl (C=O) groups is 1. The Bertz CT molecular complexity index is 495. The van der Waals surface area contributed by atoms with Gasteiger partial charge in [-0.15, -0.1) is 5.10 Å². The van der Waals surface area contributed by atoms with E-state index in [1.54, 1.807) is 0 Å². The quantitative estimate of drug-likeness (QED) is 0.687. The van der Waals surface area contributed by atoms with Gasteiger partial charge in [0.15, 0.2) is 0 Å². The molecule has 0 aromatic carbocycles. The van der Waals surface area contributed by atoms with Crippen molar-refractivity contribution in [3.05, 3.63) is 17.5 Å². The van der Waals surface area contributed by atoms with Crippen molar-refractivity contribution in [1.29, 1.82) is 0 Å². The van der Waals surface area contributed by atoms with Gasteiger partial charge in [0, 0.05) is 6.92 Å². The van der Waals surface area contributed by atoms with E-state index in [-0.39, 0.29) is 5.15 Å². The van der Waals surface area contributed by atoms with Crippen LogP contribution in [0.4, 0.5) is 0 Å². The van der Waals surface area contributed by atoms with Crippen molar-refractivity contribution in [1.82, 2.24) is 19.9 Å². The Morgan fingerprint density at radius 3 is 3.07 bits per heavy atom. The average molecular weight is 213 g/mol. The summed E-state index contributed by atoms with van der Waals surface area (Å²) in [5.74, 6) is -0.480. The number of halogens is 1. The minimum atomic E-state index is -0.480. The van der Waals surface area contributed by atoms with Gasteiger partial charge in [0.25, 0.3) is 0 Å². The van der Waals surface area contributed by atoms with Crippen LogP contribution in [0.2, 0.25) is 5.15 Å². The minimum Gasteiger partial charge on any atom is -0.317 e. The van der Waals surface area contributed by atoms with E-state index >= 15 is 0 Å². The third-order valence-corrected chi connectivity index (χ3v) is 1.61. The molecule has 0 bridgehead atoms. The number of aromatic nitrogens is 4. The van der Waals surface area contributed by atoms with Crippen molar-refractivity contribution in [3.8, 4) is 0 Å². The number of carbonyl (C=O) groups excluding carboxylic acids is 1. The third kappa shape index (κ3) is 1.51. The Morgan fingerprint density at radius 2 is 2.36 bits per heavy atom. The molecule has 6 nitrogen and oxygen atoms in total. The van der Waals surface area contributed by atoms with Gasteiger partial charge in [0.1, 0.15) is 10.7 Å². The van der Waals surface area contributed by atoms with Gasteiger partial charge in [-0.25, -0.2) is 14.8 Å². The van der Waals surface area contributed by atoms with Crippen LogP contribution in [0.5, 0.6) is 0 Å². The number of rotatable bonds is 1. The fourth-order valence-corrected chi connectivity index (χ4v) is 1.10. The lowest BCUT2D eigenvalue weighted by Crippen LogP contribution is -2.17. The van der Waals surface area contributed by atoms with Gasteiger partial charge in [-0.3, -0.25) is 0 Å². The summed E-state index contributed by atoms with van der Waals surface area (Å²) in [5.41, 5.74) is 0.823. The van der Waals surface area contributed by atoms with Crippen LogP contribution >= 0.6 is 11.6 Å². The lowest BCUT2D eigenvalue weighted by Gasteiger charge is -1.98. The summed E-state index contributed by atoms with van der Waals surface area (Å²) in [5, 5.41) is 4.03. The smallest absolute Gasteiger partial charge is 0.317 e. The average Bonchev–Trinajstić information content (AvgIpc) is 2.47. The SMILES string of the molecule is CC(=O)On1ncc2nc(Cl)cnc21. The third-order valence-electron chi connectivity index (χ3n) is 1.43. The molecule has 0 spiro atoms. The van der Waals surface area contributed by atoms with Gasteiger partial charge in [-0.1, -0.05) is 16.4 Å². The largest absolute Gasteiger partial charge is 0.332 e. The Balaban J connectivity index is 2.52. The molecule has 0 aliphatic rings. The highest BCUT2D eigenvalue weighted by molar-refractivity contribution is 6.29. The van der Waals surface area contributed by atoms with Gasteiger partial charge >= 0.3 is 5.97 Å². The molecule has 2 aromatic rings. The normalized spacial score (nSPS) is 10.4. The van der Waals surface area contributed by atoms with E-state index in [9.17, 15) is 4.79 Å². The van der Waals surface area contributed by atoms with E-state index in [2.05, 4.69) is 15.1 Å². The topological polar surface area (TPSA) is 69.9 Å². The summed E-state index contributed by atoms with van der Waals surface area (Å²) in [6, 6.07) is 0. The molecule has 0 N–H and O–H groups in total. The Morgan fingerprint density at radius 1 is 1.57 bits per heavy atom. The first-order valence-corrected chi connectivity index (χ1v) is 4.10. The van der Waals surface area contributed by atoms with Gasteiger partial charge < -0.3 is 4.84 Å². The lowest BCUT2D eigenvalue weighted by atomic mass is 10.6. The number of hydrogen-bond donors (Lipinski definition) is 0. The van der Waals surface area contributed by atoms with Crippen LogP contribution in [0.1, 0.15) is 6.92 Å². The summed E-state index contributed by atoms with van der Waals surface area (Å²) < 4.78 is 0. The lowest BCUT2D eigenvalue weighted by molar-refractivity contribution is -0.142. The van der Waals surface area contributed by atoms with Crippen LogP contribution in [0.15, 0.2) is 12.4 Å². The highest BCUT2D eigenvalue weighted by atomic mass is 35.5. The number of hydrogen-bond acceptors (Lipinski definition) is 5. The van der Waals surface area contributed by atoms with Crippen molar-refractivity contribution in [2.45, 2.75) is 6.92 Å². The molecule has 2 rings (SSSR count). The highest BCUT2D eigenvalue weighted by Crippen LogP contribution is 2.10. The Hall–Kier alpha value is -1.69. The molecule has 0 atom stereocenters. The monoisotopic (exact) mass is 212 g/mol. The molecule has 0 aliphatic carbocycles. The second-order valence-electron chi connectivity index (χ2n) is 2.50. The summed E-state index contributed by atoms with van der Waals surface area (Å²) in [6.45, 7) is 1.27. The molecule has 0 unspecified atom stereocenters. The molecule has 0 aliphatic heterocycles. The second-order valence-corrected chi connectivity index (χ2v) is 2.89. The molecule has 0 radical (unpaired) electrons. The maximum absolute atomic E-state index is 10.7. The second kappa shape index (κ2) is 3.22.